The first-order valence-corrected chi connectivity index (χ1v) is 9.19. The quantitative estimate of drug-likeness (QED) is 0.850. The Morgan fingerprint density at radius 2 is 2.09 bits per heavy atom. The van der Waals surface area contributed by atoms with Gasteiger partial charge in [-0.05, 0) is 48.5 Å². The summed E-state index contributed by atoms with van der Waals surface area (Å²) in [5.41, 5.74) is 3.03. The van der Waals surface area contributed by atoms with Gasteiger partial charge < -0.3 is 10.0 Å². The highest BCUT2D eigenvalue weighted by atomic mass is 32.2. The van der Waals surface area contributed by atoms with E-state index in [4.69, 9.17) is 0 Å². The number of fused-ring (bicyclic) bond motifs is 3. The van der Waals surface area contributed by atoms with Gasteiger partial charge in [-0.15, -0.1) is 0 Å². The zero-order valence-electron chi connectivity index (χ0n) is 12.8. The van der Waals surface area contributed by atoms with Crippen LogP contribution in [0.2, 0.25) is 0 Å². The van der Waals surface area contributed by atoms with Crippen molar-refractivity contribution in [3.8, 4) is 0 Å². The van der Waals surface area contributed by atoms with Crippen LogP contribution in [0.5, 0.6) is 0 Å². The largest absolute Gasteiger partial charge is 0.508 e. The van der Waals surface area contributed by atoms with Crippen molar-refractivity contribution >= 4 is 23.4 Å². The summed E-state index contributed by atoms with van der Waals surface area (Å²) in [5, 5.41) is 9.61. The Labute approximate surface area is 140 Å². The van der Waals surface area contributed by atoms with E-state index in [2.05, 4.69) is 18.2 Å². The molecule has 1 fully saturated rings. The highest BCUT2D eigenvalue weighted by molar-refractivity contribution is 7.99. The molecule has 118 valence electrons. The first kappa shape index (κ1) is 14.6. The lowest BCUT2D eigenvalue weighted by molar-refractivity contribution is -0.115. The van der Waals surface area contributed by atoms with Gasteiger partial charge in [0, 0.05) is 29.0 Å². The van der Waals surface area contributed by atoms with Crippen LogP contribution in [-0.4, -0.2) is 28.6 Å². The number of para-hydroxylation sites is 1. The highest BCUT2D eigenvalue weighted by Gasteiger charge is 2.43. The van der Waals surface area contributed by atoms with Crippen LogP contribution in [0.1, 0.15) is 24.3 Å². The summed E-state index contributed by atoms with van der Waals surface area (Å²) in [4.78, 5) is 15.2. The Morgan fingerprint density at radius 3 is 3.00 bits per heavy atom. The predicted molar refractivity (Wildman–Crippen MR) is 95.0 cm³/mol. The molecule has 2 aliphatic heterocycles. The molecule has 4 heteroatoms. The molecule has 0 saturated carbocycles. The second-order valence-corrected chi connectivity index (χ2v) is 7.28. The van der Waals surface area contributed by atoms with Crippen LogP contribution in [0.4, 0.5) is 5.69 Å². The Morgan fingerprint density at radius 1 is 1.22 bits per heavy atom. The SMILES string of the molecule is O=C(C1=CCC=C(O)C=C1)N1c2ccccc2C2CSCCC21. The van der Waals surface area contributed by atoms with E-state index in [1.54, 1.807) is 18.2 Å². The fraction of sp³-hybridized carbons (Fsp3) is 0.316. The third-order valence-corrected chi connectivity index (χ3v) is 5.93. The number of allylic oxidation sites excluding steroid dienone is 3. The van der Waals surface area contributed by atoms with E-state index in [0.29, 0.717) is 17.9 Å². The minimum atomic E-state index is 0.0520. The zero-order valence-corrected chi connectivity index (χ0v) is 13.6. The van der Waals surface area contributed by atoms with Crippen LogP contribution >= 0.6 is 11.8 Å². The molecule has 1 amide bonds. The van der Waals surface area contributed by atoms with Crippen LogP contribution in [0.3, 0.4) is 0 Å². The molecule has 1 aromatic rings. The van der Waals surface area contributed by atoms with E-state index in [0.717, 1.165) is 23.6 Å². The molecule has 2 unspecified atom stereocenters. The number of benzene rings is 1. The minimum Gasteiger partial charge on any atom is -0.508 e. The summed E-state index contributed by atoms with van der Waals surface area (Å²) in [6, 6.07) is 8.56. The normalized spacial score (nSPS) is 26.0. The van der Waals surface area contributed by atoms with Crippen molar-refractivity contribution in [3.63, 3.8) is 0 Å². The molecule has 0 radical (unpaired) electrons. The summed E-state index contributed by atoms with van der Waals surface area (Å²) >= 11 is 1.98. The summed E-state index contributed by atoms with van der Waals surface area (Å²) in [7, 11) is 0. The van der Waals surface area contributed by atoms with E-state index in [1.165, 1.54) is 5.56 Å². The van der Waals surface area contributed by atoms with E-state index in [9.17, 15) is 9.90 Å². The molecule has 1 saturated heterocycles. The Hall–Kier alpha value is -1.94. The van der Waals surface area contributed by atoms with Gasteiger partial charge in [-0.25, -0.2) is 0 Å². The van der Waals surface area contributed by atoms with Crippen LogP contribution in [-0.2, 0) is 4.79 Å². The minimum absolute atomic E-state index is 0.0520. The number of hydrogen-bond acceptors (Lipinski definition) is 3. The van der Waals surface area contributed by atoms with Crippen LogP contribution in [0.25, 0.3) is 0 Å². The topological polar surface area (TPSA) is 40.5 Å². The van der Waals surface area contributed by atoms with E-state index >= 15 is 0 Å². The third-order valence-electron chi connectivity index (χ3n) is 4.81. The standard InChI is InChI=1S/C19H19NO2S/c21-14-5-3-4-13(8-9-14)19(22)20-17-7-2-1-6-15(17)16-12-23-11-10-18(16)20/h1-2,4-9,16,18,21H,3,10-12H2. The first-order chi connectivity index (χ1) is 11.3. The Kier molecular flexibility index (Phi) is 3.77. The molecular formula is C19H19NO2S. The molecule has 0 aromatic heterocycles. The number of carbonyl (C=O) groups excluding carboxylic acids is 1. The van der Waals surface area contributed by atoms with Crippen LogP contribution in [0.15, 0.2) is 59.9 Å². The smallest absolute Gasteiger partial charge is 0.258 e. The van der Waals surface area contributed by atoms with Crippen molar-refractivity contribution < 1.29 is 9.90 Å². The fourth-order valence-electron chi connectivity index (χ4n) is 3.71. The number of aliphatic hydroxyl groups is 1. The first-order valence-electron chi connectivity index (χ1n) is 8.03. The summed E-state index contributed by atoms with van der Waals surface area (Å²) < 4.78 is 0. The van der Waals surface area contributed by atoms with Gasteiger partial charge in [0.1, 0.15) is 5.76 Å². The van der Waals surface area contributed by atoms with Crippen molar-refractivity contribution in [3.05, 3.63) is 65.5 Å². The van der Waals surface area contributed by atoms with Crippen LogP contribution < -0.4 is 4.90 Å². The second-order valence-electron chi connectivity index (χ2n) is 6.13. The molecule has 1 N–H and O–H groups in total. The monoisotopic (exact) mass is 325 g/mol. The lowest BCUT2D eigenvalue weighted by atomic mass is 9.95. The molecule has 1 aromatic carbocycles. The van der Waals surface area contributed by atoms with Gasteiger partial charge in [-0.3, -0.25) is 4.79 Å². The molecule has 3 aliphatic rings. The lowest BCUT2D eigenvalue weighted by Gasteiger charge is -2.32. The van der Waals surface area contributed by atoms with Crippen LogP contribution in [0, 0.1) is 0 Å². The van der Waals surface area contributed by atoms with Gasteiger partial charge in [-0.1, -0.05) is 24.3 Å². The van der Waals surface area contributed by atoms with Crippen molar-refractivity contribution in [1.29, 1.82) is 0 Å². The summed E-state index contributed by atoms with van der Waals surface area (Å²) in [6.45, 7) is 0. The number of carbonyl (C=O) groups is 1. The predicted octanol–water partition coefficient (Wildman–Crippen LogP) is 3.95. The lowest BCUT2D eigenvalue weighted by Crippen LogP contribution is -2.42. The van der Waals surface area contributed by atoms with Crippen molar-refractivity contribution in [2.24, 2.45) is 0 Å². The number of thioether (sulfide) groups is 1. The Balaban J connectivity index is 1.71. The van der Waals surface area contributed by atoms with E-state index in [1.807, 2.05) is 28.8 Å². The Bertz CT molecular complexity index is 735. The van der Waals surface area contributed by atoms with Gasteiger partial charge in [0.25, 0.3) is 5.91 Å². The average molecular weight is 325 g/mol. The molecule has 0 spiro atoms. The van der Waals surface area contributed by atoms with Gasteiger partial charge >= 0.3 is 0 Å². The maximum absolute atomic E-state index is 13.2. The summed E-state index contributed by atoms with van der Waals surface area (Å²) in [6.07, 6.45) is 8.57. The molecule has 0 bridgehead atoms. The second kappa shape index (κ2) is 5.93. The van der Waals surface area contributed by atoms with Crippen molar-refractivity contribution in [1.82, 2.24) is 0 Å². The fourth-order valence-corrected chi connectivity index (χ4v) is 4.94. The number of rotatable bonds is 1. The average Bonchev–Trinajstić information content (AvgIpc) is 2.75. The molecular weight excluding hydrogens is 306 g/mol. The molecule has 3 nitrogen and oxygen atoms in total. The number of nitrogens with zero attached hydrogens (tertiary/aromatic N) is 1. The van der Waals surface area contributed by atoms with Gasteiger partial charge in [-0.2, -0.15) is 11.8 Å². The maximum Gasteiger partial charge on any atom is 0.258 e. The van der Waals surface area contributed by atoms with Gasteiger partial charge in [0.15, 0.2) is 0 Å². The zero-order chi connectivity index (χ0) is 15.8. The molecule has 23 heavy (non-hydrogen) atoms. The van der Waals surface area contributed by atoms with E-state index in [-0.39, 0.29) is 17.7 Å². The molecule has 4 rings (SSSR count). The number of aliphatic hydroxyl groups excluding tert-OH is 1. The highest BCUT2D eigenvalue weighted by Crippen LogP contribution is 2.47. The van der Waals surface area contributed by atoms with Crippen molar-refractivity contribution in [2.45, 2.75) is 24.8 Å². The number of hydrogen-bond donors (Lipinski definition) is 1. The third kappa shape index (κ3) is 2.51. The van der Waals surface area contributed by atoms with Crippen molar-refractivity contribution in [2.75, 3.05) is 16.4 Å². The molecule has 2 heterocycles. The molecule has 2 atom stereocenters. The number of amides is 1. The molecule has 1 aliphatic carbocycles. The van der Waals surface area contributed by atoms with Gasteiger partial charge in [0.2, 0.25) is 0 Å². The van der Waals surface area contributed by atoms with Gasteiger partial charge in [0.05, 0.1) is 0 Å². The number of anilines is 1. The van der Waals surface area contributed by atoms with E-state index < -0.39 is 0 Å². The summed E-state index contributed by atoms with van der Waals surface area (Å²) in [5.74, 6) is 2.91. The maximum atomic E-state index is 13.2.